The molecule has 1 fully saturated rings. The maximum Gasteiger partial charge on any atom is 0.232 e. The molecule has 29 heavy (non-hydrogen) atoms. The number of nitriles is 1. The number of hydrogen-bond acceptors (Lipinski definition) is 6. The van der Waals surface area contributed by atoms with Gasteiger partial charge in [0.25, 0.3) is 0 Å². The first-order valence-corrected chi connectivity index (χ1v) is 9.83. The first kappa shape index (κ1) is 19.3. The van der Waals surface area contributed by atoms with Crippen LogP contribution in [-0.4, -0.2) is 24.2 Å². The van der Waals surface area contributed by atoms with Crippen molar-refractivity contribution in [2.75, 3.05) is 18.5 Å². The molecular formula is C22H20ClN3O3. The second-order valence-corrected chi connectivity index (χ2v) is 7.20. The molecule has 4 rings (SSSR count). The Morgan fingerprint density at radius 3 is 2.66 bits per heavy atom. The molecule has 0 aliphatic carbocycles. The van der Waals surface area contributed by atoms with Crippen molar-refractivity contribution in [1.29, 1.82) is 5.26 Å². The molecule has 0 spiro atoms. The Balaban J connectivity index is 1.40. The first-order valence-electron chi connectivity index (χ1n) is 9.45. The Hall–Kier alpha value is -3.01. The standard InChI is InChI=1S/C22H20ClN3O3/c23-17-7-3-15(4-8-17)14-28-18-9-5-16(6-10-18)21-26-20(12-24)22(29-21)25-13-19-2-1-11-27-19/h3-10,19,25H,1-2,11,13-14H2. The van der Waals surface area contributed by atoms with Crippen LogP contribution in [0.5, 0.6) is 5.75 Å². The molecule has 1 atom stereocenters. The number of oxazole rings is 1. The predicted molar refractivity (Wildman–Crippen MR) is 110 cm³/mol. The number of benzene rings is 2. The Kier molecular flexibility index (Phi) is 5.99. The van der Waals surface area contributed by atoms with Crippen LogP contribution in [0.3, 0.4) is 0 Å². The SMILES string of the molecule is N#Cc1nc(-c2ccc(OCc3ccc(Cl)cc3)cc2)oc1NCC1CCCO1. The van der Waals surface area contributed by atoms with Gasteiger partial charge in [-0.1, -0.05) is 23.7 Å². The Morgan fingerprint density at radius 1 is 1.17 bits per heavy atom. The van der Waals surface area contributed by atoms with Crippen LogP contribution in [0.1, 0.15) is 24.1 Å². The molecule has 6 nitrogen and oxygen atoms in total. The van der Waals surface area contributed by atoms with Crippen molar-refractivity contribution in [2.45, 2.75) is 25.6 Å². The van der Waals surface area contributed by atoms with Gasteiger partial charge in [-0.3, -0.25) is 0 Å². The van der Waals surface area contributed by atoms with Crippen molar-refractivity contribution in [3.8, 4) is 23.3 Å². The van der Waals surface area contributed by atoms with E-state index in [0.29, 0.717) is 29.9 Å². The third-order valence-electron chi connectivity index (χ3n) is 4.67. The van der Waals surface area contributed by atoms with E-state index in [1.165, 1.54) is 0 Å². The molecule has 7 heteroatoms. The lowest BCUT2D eigenvalue weighted by Crippen LogP contribution is -2.18. The van der Waals surface area contributed by atoms with Crippen molar-refractivity contribution in [3.63, 3.8) is 0 Å². The summed E-state index contributed by atoms with van der Waals surface area (Å²) < 4.78 is 17.2. The van der Waals surface area contributed by atoms with Crippen LogP contribution in [-0.2, 0) is 11.3 Å². The summed E-state index contributed by atoms with van der Waals surface area (Å²) in [7, 11) is 0. The summed E-state index contributed by atoms with van der Waals surface area (Å²) in [4.78, 5) is 4.29. The number of rotatable bonds is 7. The minimum Gasteiger partial charge on any atom is -0.489 e. The van der Waals surface area contributed by atoms with Crippen LogP contribution < -0.4 is 10.1 Å². The van der Waals surface area contributed by atoms with Gasteiger partial charge in [-0.05, 0) is 54.8 Å². The van der Waals surface area contributed by atoms with Gasteiger partial charge in [0.15, 0.2) is 0 Å². The lowest BCUT2D eigenvalue weighted by Gasteiger charge is -2.09. The molecule has 148 valence electrons. The van der Waals surface area contributed by atoms with Gasteiger partial charge in [0.05, 0.1) is 6.10 Å². The highest BCUT2D eigenvalue weighted by atomic mass is 35.5. The molecule has 3 aromatic rings. The Bertz CT molecular complexity index is 988. The molecule has 0 saturated carbocycles. The Morgan fingerprint density at radius 2 is 1.97 bits per heavy atom. The van der Waals surface area contributed by atoms with E-state index in [4.69, 9.17) is 25.5 Å². The smallest absolute Gasteiger partial charge is 0.232 e. The molecule has 2 heterocycles. The third kappa shape index (κ3) is 4.89. The van der Waals surface area contributed by atoms with Gasteiger partial charge in [0.2, 0.25) is 17.5 Å². The maximum atomic E-state index is 9.34. The number of nitrogens with one attached hydrogen (secondary N) is 1. The molecule has 1 aromatic heterocycles. The zero-order valence-electron chi connectivity index (χ0n) is 15.7. The molecule has 1 aliphatic heterocycles. The van der Waals surface area contributed by atoms with E-state index in [1.54, 1.807) is 0 Å². The molecule has 0 radical (unpaired) electrons. The zero-order valence-corrected chi connectivity index (χ0v) is 16.5. The monoisotopic (exact) mass is 409 g/mol. The quantitative estimate of drug-likeness (QED) is 0.589. The van der Waals surface area contributed by atoms with Crippen molar-refractivity contribution in [1.82, 2.24) is 4.98 Å². The van der Waals surface area contributed by atoms with E-state index in [1.807, 2.05) is 48.5 Å². The number of ether oxygens (including phenoxy) is 2. The van der Waals surface area contributed by atoms with Crippen molar-refractivity contribution >= 4 is 17.5 Å². The summed E-state index contributed by atoms with van der Waals surface area (Å²) in [5.41, 5.74) is 2.04. The van der Waals surface area contributed by atoms with Gasteiger partial charge in [-0.15, -0.1) is 0 Å². The predicted octanol–water partition coefficient (Wildman–Crippen LogP) is 5.04. The zero-order chi connectivity index (χ0) is 20.1. The van der Waals surface area contributed by atoms with Crippen LogP contribution >= 0.6 is 11.6 Å². The molecule has 0 bridgehead atoms. The average molecular weight is 410 g/mol. The summed E-state index contributed by atoms with van der Waals surface area (Å²) in [6.45, 7) is 1.83. The number of halogens is 1. The lowest BCUT2D eigenvalue weighted by atomic mass is 10.2. The highest BCUT2D eigenvalue weighted by Crippen LogP contribution is 2.27. The fourth-order valence-electron chi connectivity index (χ4n) is 3.09. The summed E-state index contributed by atoms with van der Waals surface area (Å²) in [5, 5.41) is 13.2. The number of nitrogens with zero attached hydrogens (tertiary/aromatic N) is 2. The van der Waals surface area contributed by atoms with E-state index in [-0.39, 0.29) is 11.8 Å². The summed E-state index contributed by atoms with van der Waals surface area (Å²) in [6.07, 6.45) is 2.21. The molecule has 1 saturated heterocycles. The first-order chi connectivity index (χ1) is 14.2. The van der Waals surface area contributed by atoms with E-state index in [2.05, 4.69) is 16.4 Å². The van der Waals surface area contributed by atoms with E-state index in [9.17, 15) is 5.26 Å². The molecule has 1 aliphatic rings. The normalized spacial score (nSPS) is 15.8. The van der Waals surface area contributed by atoms with E-state index >= 15 is 0 Å². The van der Waals surface area contributed by atoms with Crippen LogP contribution in [0.15, 0.2) is 52.9 Å². The number of hydrogen-bond donors (Lipinski definition) is 1. The summed E-state index contributed by atoms with van der Waals surface area (Å²) >= 11 is 5.89. The summed E-state index contributed by atoms with van der Waals surface area (Å²) in [6, 6.07) is 17.0. The molecule has 1 N–H and O–H groups in total. The highest BCUT2D eigenvalue weighted by molar-refractivity contribution is 6.30. The molecule has 1 unspecified atom stereocenters. The second-order valence-electron chi connectivity index (χ2n) is 6.76. The fourth-order valence-corrected chi connectivity index (χ4v) is 3.22. The molecule has 2 aromatic carbocycles. The largest absolute Gasteiger partial charge is 0.489 e. The van der Waals surface area contributed by atoms with Crippen molar-refractivity contribution < 1.29 is 13.9 Å². The van der Waals surface area contributed by atoms with Crippen molar-refractivity contribution in [3.05, 3.63) is 64.8 Å². The molecular weight excluding hydrogens is 390 g/mol. The maximum absolute atomic E-state index is 9.34. The van der Waals surface area contributed by atoms with Gasteiger partial charge in [-0.2, -0.15) is 10.2 Å². The van der Waals surface area contributed by atoms with Gasteiger partial charge in [-0.25, -0.2) is 0 Å². The van der Waals surface area contributed by atoms with Gasteiger partial charge in [0, 0.05) is 23.7 Å². The molecule has 0 amide bonds. The number of aromatic nitrogens is 1. The van der Waals surface area contributed by atoms with Crippen molar-refractivity contribution in [2.24, 2.45) is 0 Å². The van der Waals surface area contributed by atoms with E-state index < -0.39 is 0 Å². The van der Waals surface area contributed by atoms with Gasteiger partial charge < -0.3 is 19.2 Å². The van der Waals surface area contributed by atoms with Crippen LogP contribution in [0.2, 0.25) is 5.02 Å². The van der Waals surface area contributed by atoms with Gasteiger partial charge in [0.1, 0.15) is 18.4 Å². The van der Waals surface area contributed by atoms with Gasteiger partial charge >= 0.3 is 0 Å². The number of anilines is 1. The van der Waals surface area contributed by atoms with Crippen LogP contribution in [0.25, 0.3) is 11.5 Å². The van der Waals surface area contributed by atoms with E-state index in [0.717, 1.165) is 36.3 Å². The average Bonchev–Trinajstić information content (AvgIpc) is 3.42. The van der Waals surface area contributed by atoms with Crippen LogP contribution in [0.4, 0.5) is 5.88 Å². The minimum absolute atomic E-state index is 0.146. The fraction of sp³-hybridized carbons (Fsp3) is 0.273. The van der Waals surface area contributed by atoms with Crippen LogP contribution in [0, 0.1) is 11.3 Å². The third-order valence-corrected chi connectivity index (χ3v) is 4.92. The minimum atomic E-state index is 0.146. The Labute approximate surface area is 174 Å². The lowest BCUT2D eigenvalue weighted by molar-refractivity contribution is 0.120. The second kappa shape index (κ2) is 8.99. The topological polar surface area (TPSA) is 80.3 Å². The highest BCUT2D eigenvalue weighted by Gasteiger charge is 2.19. The summed E-state index contributed by atoms with van der Waals surface area (Å²) in [5.74, 6) is 1.49.